The Morgan fingerprint density at radius 2 is 2.20 bits per heavy atom. The number of carbonyl (C=O) groups is 2. The highest BCUT2D eigenvalue weighted by Gasteiger charge is 2.33. The van der Waals surface area contributed by atoms with E-state index < -0.39 is 17.5 Å². The van der Waals surface area contributed by atoms with E-state index in [0.717, 1.165) is 13.0 Å². The summed E-state index contributed by atoms with van der Waals surface area (Å²) in [4.78, 5) is 26.8. The first kappa shape index (κ1) is 16.0. The largest absolute Gasteiger partial charge is 0.480 e. The zero-order valence-corrected chi connectivity index (χ0v) is 11.9. The molecule has 20 heavy (non-hydrogen) atoms. The lowest BCUT2D eigenvalue weighted by atomic mass is 9.97. The van der Waals surface area contributed by atoms with Gasteiger partial charge in [0.05, 0.1) is 6.33 Å². The van der Waals surface area contributed by atoms with Crippen molar-refractivity contribution in [3.63, 3.8) is 0 Å². The van der Waals surface area contributed by atoms with Crippen LogP contribution in [0.2, 0.25) is 0 Å². The van der Waals surface area contributed by atoms with Crippen LogP contribution in [0.3, 0.4) is 0 Å². The third-order valence-electron chi connectivity index (χ3n) is 3.05. The van der Waals surface area contributed by atoms with Crippen molar-refractivity contribution in [1.82, 2.24) is 20.2 Å². The molecule has 0 bridgehead atoms. The second kappa shape index (κ2) is 7.52. The number of hydrogen-bond acceptors (Lipinski definition) is 3. The number of carbonyl (C=O) groups excluding carboxylic acids is 1. The number of carboxylic acids is 1. The molecule has 0 fully saturated rings. The highest BCUT2D eigenvalue weighted by molar-refractivity contribution is 5.85. The van der Waals surface area contributed by atoms with E-state index >= 15 is 0 Å². The molecule has 0 saturated carbocycles. The second-order valence-corrected chi connectivity index (χ2v) is 4.92. The second-order valence-electron chi connectivity index (χ2n) is 4.92. The molecule has 1 heterocycles. The van der Waals surface area contributed by atoms with Crippen molar-refractivity contribution in [3.8, 4) is 0 Å². The van der Waals surface area contributed by atoms with Crippen molar-refractivity contribution in [1.29, 1.82) is 0 Å². The Kier molecular flexibility index (Phi) is 6.02. The monoisotopic (exact) mass is 282 g/mol. The van der Waals surface area contributed by atoms with E-state index in [1.165, 1.54) is 6.92 Å². The fraction of sp³-hybridized carbons (Fsp3) is 0.615. The van der Waals surface area contributed by atoms with Gasteiger partial charge < -0.3 is 20.3 Å². The van der Waals surface area contributed by atoms with Gasteiger partial charge in [0.2, 0.25) is 0 Å². The average molecular weight is 282 g/mol. The summed E-state index contributed by atoms with van der Waals surface area (Å²) in [5, 5.41) is 14.3. The molecule has 1 aromatic heterocycles. The molecule has 0 aliphatic rings. The minimum atomic E-state index is -1.22. The summed E-state index contributed by atoms with van der Waals surface area (Å²) in [7, 11) is 0. The molecule has 3 N–H and O–H groups in total. The van der Waals surface area contributed by atoms with Gasteiger partial charge in [0, 0.05) is 25.5 Å². The number of hydrogen-bond donors (Lipinski definition) is 3. The van der Waals surface area contributed by atoms with Gasteiger partial charge in [0.1, 0.15) is 5.54 Å². The van der Waals surface area contributed by atoms with Crippen LogP contribution in [0.1, 0.15) is 33.1 Å². The Morgan fingerprint density at radius 3 is 2.75 bits per heavy atom. The highest BCUT2D eigenvalue weighted by Crippen LogP contribution is 2.12. The van der Waals surface area contributed by atoms with Crippen LogP contribution in [0.25, 0.3) is 0 Å². The van der Waals surface area contributed by atoms with Gasteiger partial charge in [-0.05, 0) is 19.8 Å². The fourth-order valence-electron chi connectivity index (χ4n) is 1.90. The molecule has 1 aromatic rings. The molecule has 1 atom stereocenters. The first-order valence-electron chi connectivity index (χ1n) is 6.73. The maximum absolute atomic E-state index is 11.7. The van der Waals surface area contributed by atoms with E-state index in [-0.39, 0.29) is 0 Å². The predicted molar refractivity (Wildman–Crippen MR) is 74.3 cm³/mol. The average Bonchev–Trinajstić information content (AvgIpc) is 2.87. The Bertz CT molecular complexity index is 433. The first-order valence-corrected chi connectivity index (χ1v) is 6.73. The topological polar surface area (TPSA) is 96.3 Å². The maximum Gasteiger partial charge on any atom is 0.329 e. The Balaban J connectivity index is 2.29. The van der Waals surface area contributed by atoms with Crippen molar-refractivity contribution in [2.75, 3.05) is 6.54 Å². The van der Waals surface area contributed by atoms with Crippen molar-refractivity contribution in [2.45, 2.75) is 45.2 Å². The molecule has 7 nitrogen and oxygen atoms in total. The number of nitrogens with one attached hydrogen (secondary N) is 2. The summed E-state index contributed by atoms with van der Waals surface area (Å²) in [6.07, 6.45) is 7.09. The van der Waals surface area contributed by atoms with Crippen LogP contribution in [-0.2, 0) is 11.3 Å². The number of aryl methyl sites for hydroxylation is 1. The molecule has 0 aliphatic carbocycles. The first-order chi connectivity index (χ1) is 9.48. The molecule has 0 spiro atoms. The lowest BCUT2D eigenvalue weighted by Crippen LogP contribution is -2.55. The van der Waals surface area contributed by atoms with Crippen molar-refractivity contribution in [2.24, 2.45) is 0 Å². The molecule has 112 valence electrons. The Labute approximate surface area is 118 Å². The Hall–Kier alpha value is -2.05. The summed E-state index contributed by atoms with van der Waals surface area (Å²) >= 11 is 0. The highest BCUT2D eigenvalue weighted by atomic mass is 16.4. The molecule has 0 radical (unpaired) electrons. The van der Waals surface area contributed by atoms with E-state index in [1.807, 2.05) is 17.7 Å². The third-order valence-corrected chi connectivity index (χ3v) is 3.05. The Morgan fingerprint density at radius 1 is 1.45 bits per heavy atom. The van der Waals surface area contributed by atoms with Gasteiger partial charge in [-0.1, -0.05) is 13.3 Å². The summed E-state index contributed by atoms with van der Waals surface area (Å²) in [6.45, 7) is 4.63. The zero-order chi connectivity index (χ0) is 15.0. The number of nitrogens with zero attached hydrogens (tertiary/aromatic N) is 2. The lowest BCUT2D eigenvalue weighted by molar-refractivity contribution is -0.144. The predicted octanol–water partition coefficient (Wildman–Crippen LogP) is 1.22. The number of rotatable bonds is 8. The van der Waals surface area contributed by atoms with Crippen LogP contribution >= 0.6 is 0 Å². The van der Waals surface area contributed by atoms with Gasteiger partial charge in [0.15, 0.2) is 0 Å². The standard InChI is InChI=1S/C13H22N4O3/c1-3-5-13(2,11(18)19)16-12(20)15-6-4-8-17-9-7-14-10-17/h7,9-10H,3-6,8H2,1-2H3,(H,18,19)(H2,15,16,20). The quantitative estimate of drug-likeness (QED) is 0.624. The van der Waals surface area contributed by atoms with Gasteiger partial charge >= 0.3 is 12.0 Å². The molecule has 0 aliphatic heterocycles. The number of aromatic nitrogens is 2. The number of aliphatic carboxylic acids is 1. The molecule has 2 amide bonds. The van der Waals surface area contributed by atoms with Crippen LogP contribution in [0.15, 0.2) is 18.7 Å². The van der Waals surface area contributed by atoms with Crippen LogP contribution < -0.4 is 10.6 Å². The van der Waals surface area contributed by atoms with Gasteiger partial charge in [0.25, 0.3) is 0 Å². The minimum absolute atomic E-state index is 0.394. The van der Waals surface area contributed by atoms with E-state index in [4.69, 9.17) is 5.11 Å². The van der Waals surface area contributed by atoms with Crippen molar-refractivity contribution < 1.29 is 14.7 Å². The summed E-state index contributed by atoms with van der Waals surface area (Å²) in [5.41, 5.74) is -1.22. The fourth-order valence-corrected chi connectivity index (χ4v) is 1.90. The SMILES string of the molecule is CCCC(C)(NC(=O)NCCCn1ccnc1)C(=O)O. The lowest BCUT2D eigenvalue weighted by Gasteiger charge is -2.25. The van der Waals surface area contributed by atoms with Crippen LogP contribution in [0, 0.1) is 0 Å². The van der Waals surface area contributed by atoms with Crippen LogP contribution in [-0.4, -0.2) is 38.7 Å². The number of carboxylic acid groups (broad SMARTS) is 1. The molecule has 0 aromatic carbocycles. The summed E-state index contributed by atoms with van der Waals surface area (Å²) in [5.74, 6) is -1.02. The molecular formula is C13H22N4O3. The molecular weight excluding hydrogens is 260 g/mol. The summed E-state index contributed by atoms with van der Waals surface area (Å²) in [6, 6.07) is -0.450. The normalized spacial score (nSPS) is 13.5. The number of amides is 2. The molecule has 0 saturated heterocycles. The van der Waals surface area contributed by atoms with Crippen molar-refractivity contribution in [3.05, 3.63) is 18.7 Å². The van der Waals surface area contributed by atoms with E-state index in [2.05, 4.69) is 15.6 Å². The molecule has 7 heteroatoms. The van der Waals surface area contributed by atoms with E-state index in [0.29, 0.717) is 19.4 Å². The van der Waals surface area contributed by atoms with E-state index in [1.54, 1.807) is 12.5 Å². The summed E-state index contributed by atoms with van der Waals surface area (Å²) < 4.78 is 1.91. The van der Waals surface area contributed by atoms with Crippen LogP contribution in [0.4, 0.5) is 4.79 Å². The minimum Gasteiger partial charge on any atom is -0.480 e. The zero-order valence-electron chi connectivity index (χ0n) is 11.9. The number of imidazole rings is 1. The molecule has 1 rings (SSSR count). The molecule has 1 unspecified atom stereocenters. The van der Waals surface area contributed by atoms with Gasteiger partial charge in [-0.3, -0.25) is 0 Å². The maximum atomic E-state index is 11.7. The van der Waals surface area contributed by atoms with Crippen molar-refractivity contribution >= 4 is 12.0 Å². The van der Waals surface area contributed by atoms with Gasteiger partial charge in [-0.15, -0.1) is 0 Å². The third kappa shape index (κ3) is 4.91. The van der Waals surface area contributed by atoms with Gasteiger partial charge in [-0.2, -0.15) is 0 Å². The van der Waals surface area contributed by atoms with Crippen LogP contribution in [0.5, 0.6) is 0 Å². The smallest absolute Gasteiger partial charge is 0.329 e. The van der Waals surface area contributed by atoms with E-state index in [9.17, 15) is 9.59 Å². The van der Waals surface area contributed by atoms with Gasteiger partial charge in [-0.25, -0.2) is 14.6 Å². The number of urea groups is 1.